The lowest BCUT2D eigenvalue weighted by molar-refractivity contribution is -0.134. The topological polar surface area (TPSA) is 91.4 Å². The Morgan fingerprint density at radius 1 is 1.10 bits per heavy atom. The standard InChI is InChI=1S/C21H18N4O3S/c26-18(24-20-22-11-12-29-20)16(13-14-7-3-1-4-8-14)25-19(27)17(23-21(25)28)15-9-5-2-6-10-15/h1-12,16-17H,13H2,(H,23,28)(H,22,24,26)/t16-,17-/m0/s1. The van der Waals surface area contributed by atoms with Crippen LogP contribution in [0.5, 0.6) is 0 Å². The molecule has 4 amide bonds. The Balaban J connectivity index is 1.63. The molecule has 0 aliphatic carbocycles. The summed E-state index contributed by atoms with van der Waals surface area (Å²) < 4.78 is 0. The SMILES string of the molecule is O=C(Nc1nccs1)[C@H](Cc1ccccc1)N1C(=O)N[C@@H](c2ccccc2)C1=O. The molecule has 0 spiro atoms. The number of hydrogen-bond acceptors (Lipinski definition) is 5. The Hall–Kier alpha value is -3.52. The molecule has 2 atom stereocenters. The first kappa shape index (κ1) is 18.8. The summed E-state index contributed by atoms with van der Waals surface area (Å²) in [5.74, 6) is -0.905. The van der Waals surface area contributed by atoms with Crippen LogP contribution in [-0.2, 0) is 16.0 Å². The molecule has 7 nitrogen and oxygen atoms in total. The highest BCUT2D eigenvalue weighted by Crippen LogP contribution is 2.25. The van der Waals surface area contributed by atoms with Crippen LogP contribution in [0.3, 0.4) is 0 Å². The van der Waals surface area contributed by atoms with Crippen molar-refractivity contribution in [3.05, 3.63) is 83.4 Å². The van der Waals surface area contributed by atoms with Crippen molar-refractivity contribution in [1.29, 1.82) is 0 Å². The summed E-state index contributed by atoms with van der Waals surface area (Å²) in [4.78, 5) is 43.9. The average Bonchev–Trinajstić information content (AvgIpc) is 3.35. The summed E-state index contributed by atoms with van der Waals surface area (Å²) in [6, 6.07) is 15.9. The largest absolute Gasteiger partial charge is 0.325 e. The van der Waals surface area contributed by atoms with Crippen LogP contribution in [0.25, 0.3) is 0 Å². The Kier molecular flexibility index (Phi) is 5.35. The van der Waals surface area contributed by atoms with E-state index in [0.29, 0.717) is 10.7 Å². The molecule has 146 valence electrons. The number of amides is 4. The summed E-state index contributed by atoms with van der Waals surface area (Å²) in [5, 5.41) is 7.56. The molecule has 3 aromatic rings. The lowest BCUT2D eigenvalue weighted by Crippen LogP contribution is -2.49. The molecule has 1 aliphatic rings. The second kappa shape index (κ2) is 8.24. The number of imide groups is 1. The van der Waals surface area contributed by atoms with Crippen LogP contribution < -0.4 is 10.6 Å². The Morgan fingerprint density at radius 3 is 2.45 bits per heavy atom. The van der Waals surface area contributed by atoms with Crippen molar-refractivity contribution in [3.8, 4) is 0 Å². The van der Waals surface area contributed by atoms with Crippen LogP contribution in [0.2, 0.25) is 0 Å². The van der Waals surface area contributed by atoms with E-state index in [2.05, 4.69) is 15.6 Å². The highest BCUT2D eigenvalue weighted by molar-refractivity contribution is 7.13. The first-order valence-electron chi connectivity index (χ1n) is 9.06. The zero-order valence-corrected chi connectivity index (χ0v) is 16.1. The Morgan fingerprint density at radius 2 is 1.79 bits per heavy atom. The fraction of sp³-hybridized carbons (Fsp3) is 0.143. The minimum Gasteiger partial charge on any atom is -0.322 e. The van der Waals surface area contributed by atoms with Crippen molar-refractivity contribution in [2.75, 3.05) is 5.32 Å². The monoisotopic (exact) mass is 406 g/mol. The normalized spacial score (nSPS) is 17.1. The number of anilines is 1. The molecular formula is C21H18N4O3S. The maximum atomic E-state index is 13.1. The van der Waals surface area contributed by atoms with Gasteiger partial charge in [-0.15, -0.1) is 11.3 Å². The van der Waals surface area contributed by atoms with Gasteiger partial charge in [-0.05, 0) is 11.1 Å². The van der Waals surface area contributed by atoms with E-state index in [0.717, 1.165) is 10.5 Å². The number of carbonyl (C=O) groups excluding carboxylic acids is 3. The maximum absolute atomic E-state index is 13.1. The van der Waals surface area contributed by atoms with E-state index in [1.165, 1.54) is 11.3 Å². The number of thiazole rings is 1. The molecule has 0 bridgehead atoms. The van der Waals surface area contributed by atoms with Crippen LogP contribution >= 0.6 is 11.3 Å². The molecule has 1 saturated heterocycles. The molecule has 4 rings (SSSR count). The first-order chi connectivity index (χ1) is 14.1. The third kappa shape index (κ3) is 4.02. The fourth-order valence-corrected chi connectivity index (χ4v) is 3.80. The van der Waals surface area contributed by atoms with Crippen molar-refractivity contribution < 1.29 is 14.4 Å². The van der Waals surface area contributed by atoms with E-state index in [4.69, 9.17) is 0 Å². The fourth-order valence-electron chi connectivity index (χ4n) is 3.27. The summed E-state index contributed by atoms with van der Waals surface area (Å²) in [6.45, 7) is 0. The number of benzene rings is 2. The van der Waals surface area contributed by atoms with E-state index >= 15 is 0 Å². The van der Waals surface area contributed by atoms with E-state index in [1.807, 2.05) is 36.4 Å². The number of nitrogens with zero attached hydrogens (tertiary/aromatic N) is 2. The van der Waals surface area contributed by atoms with Crippen molar-refractivity contribution in [3.63, 3.8) is 0 Å². The minimum absolute atomic E-state index is 0.207. The predicted molar refractivity (Wildman–Crippen MR) is 109 cm³/mol. The molecule has 0 saturated carbocycles. The Labute approximate surface area is 171 Å². The number of rotatable bonds is 6. The third-order valence-electron chi connectivity index (χ3n) is 4.65. The molecule has 1 fully saturated rings. The second-order valence-corrected chi connectivity index (χ2v) is 7.43. The van der Waals surface area contributed by atoms with Gasteiger partial charge in [0, 0.05) is 18.0 Å². The highest BCUT2D eigenvalue weighted by atomic mass is 32.1. The molecule has 0 radical (unpaired) electrons. The number of urea groups is 1. The van der Waals surface area contributed by atoms with Gasteiger partial charge in [-0.1, -0.05) is 60.7 Å². The number of nitrogens with one attached hydrogen (secondary N) is 2. The predicted octanol–water partition coefficient (Wildman–Crippen LogP) is 2.99. The smallest absolute Gasteiger partial charge is 0.322 e. The van der Waals surface area contributed by atoms with E-state index < -0.39 is 29.9 Å². The van der Waals surface area contributed by atoms with Gasteiger partial charge in [0.1, 0.15) is 12.1 Å². The van der Waals surface area contributed by atoms with Gasteiger partial charge in [-0.3, -0.25) is 9.59 Å². The van der Waals surface area contributed by atoms with Crippen molar-refractivity contribution >= 4 is 34.3 Å². The highest BCUT2D eigenvalue weighted by Gasteiger charge is 2.45. The molecule has 8 heteroatoms. The molecule has 2 aromatic carbocycles. The number of aromatic nitrogens is 1. The third-order valence-corrected chi connectivity index (χ3v) is 5.34. The van der Waals surface area contributed by atoms with Crippen molar-refractivity contribution in [2.45, 2.75) is 18.5 Å². The molecule has 1 aliphatic heterocycles. The number of carbonyl (C=O) groups is 3. The van der Waals surface area contributed by atoms with Gasteiger partial charge >= 0.3 is 6.03 Å². The van der Waals surface area contributed by atoms with Crippen LogP contribution in [-0.4, -0.2) is 33.8 Å². The minimum atomic E-state index is -0.998. The van der Waals surface area contributed by atoms with Crippen LogP contribution in [0, 0.1) is 0 Å². The average molecular weight is 406 g/mol. The summed E-state index contributed by atoms with van der Waals surface area (Å²) in [6.07, 6.45) is 1.78. The van der Waals surface area contributed by atoms with Gasteiger partial charge in [-0.2, -0.15) is 0 Å². The van der Waals surface area contributed by atoms with Crippen molar-refractivity contribution in [1.82, 2.24) is 15.2 Å². The van der Waals surface area contributed by atoms with Gasteiger partial charge in [0.15, 0.2) is 5.13 Å². The zero-order chi connectivity index (χ0) is 20.2. The molecule has 2 heterocycles. The lowest BCUT2D eigenvalue weighted by atomic mass is 10.0. The maximum Gasteiger partial charge on any atom is 0.325 e. The van der Waals surface area contributed by atoms with Gasteiger partial charge < -0.3 is 10.6 Å². The van der Waals surface area contributed by atoms with Crippen LogP contribution in [0.15, 0.2) is 72.2 Å². The van der Waals surface area contributed by atoms with E-state index in [1.54, 1.807) is 35.8 Å². The van der Waals surface area contributed by atoms with Gasteiger partial charge in [0.2, 0.25) is 5.91 Å². The van der Waals surface area contributed by atoms with Crippen LogP contribution in [0.1, 0.15) is 17.2 Å². The van der Waals surface area contributed by atoms with Gasteiger partial charge in [-0.25, -0.2) is 14.7 Å². The van der Waals surface area contributed by atoms with Gasteiger partial charge in [0.25, 0.3) is 5.91 Å². The number of hydrogen-bond donors (Lipinski definition) is 2. The molecular weight excluding hydrogens is 388 g/mol. The molecule has 29 heavy (non-hydrogen) atoms. The van der Waals surface area contributed by atoms with E-state index in [9.17, 15) is 14.4 Å². The van der Waals surface area contributed by atoms with E-state index in [-0.39, 0.29) is 6.42 Å². The zero-order valence-electron chi connectivity index (χ0n) is 15.3. The van der Waals surface area contributed by atoms with Crippen LogP contribution in [0.4, 0.5) is 9.93 Å². The molecule has 1 aromatic heterocycles. The molecule has 0 unspecified atom stereocenters. The second-order valence-electron chi connectivity index (χ2n) is 6.53. The first-order valence-corrected chi connectivity index (χ1v) is 9.94. The lowest BCUT2D eigenvalue weighted by Gasteiger charge is -2.24. The van der Waals surface area contributed by atoms with Crippen molar-refractivity contribution in [2.24, 2.45) is 0 Å². The Bertz CT molecular complexity index is 1010. The van der Waals surface area contributed by atoms with Gasteiger partial charge in [0.05, 0.1) is 0 Å². The summed E-state index contributed by atoms with van der Waals surface area (Å²) in [7, 11) is 0. The molecule has 2 N–H and O–H groups in total. The quantitative estimate of drug-likeness (QED) is 0.616. The summed E-state index contributed by atoms with van der Waals surface area (Å²) >= 11 is 1.27. The summed E-state index contributed by atoms with van der Waals surface area (Å²) in [5.41, 5.74) is 1.52.